The highest BCUT2D eigenvalue weighted by Gasteiger charge is 2.25. The van der Waals surface area contributed by atoms with Gasteiger partial charge >= 0.3 is 0 Å². The molecule has 0 unspecified atom stereocenters. The van der Waals surface area contributed by atoms with E-state index in [1.54, 1.807) is 38.4 Å². The summed E-state index contributed by atoms with van der Waals surface area (Å²) < 4.78 is 28.2. The second-order valence-corrected chi connectivity index (χ2v) is 6.04. The third kappa shape index (κ3) is 2.94. The Morgan fingerprint density at radius 2 is 2.11 bits per heavy atom. The summed E-state index contributed by atoms with van der Waals surface area (Å²) in [7, 11) is -2.15. The fourth-order valence-electron chi connectivity index (χ4n) is 1.56. The van der Waals surface area contributed by atoms with Crippen molar-refractivity contribution in [3.8, 4) is 0 Å². The minimum atomic E-state index is -3.77. The molecule has 0 spiro atoms. The summed E-state index contributed by atoms with van der Waals surface area (Å²) in [6.45, 7) is 1.71. The van der Waals surface area contributed by atoms with Crippen LogP contribution in [0.4, 0.5) is 0 Å². The number of hydrogen-bond acceptors (Lipinski definition) is 4. The molecule has 0 aliphatic heterocycles. The summed E-state index contributed by atoms with van der Waals surface area (Å²) >= 11 is 5.89. The number of nitrogens with zero attached hydrogens (tertiary/aromatic N) is 3. The van der Waals surface area contributed by atoms with E-state index in [1.807, 2.05) is 0 Å². The summed E-state index contributed by atoms with van der Waals surface area (Å²) in [5, 5.41) is -0.111. The van der Waals surface area contributed by atoms with Crippen LogP contribution in [0.2, 0.25) is 5.15 Å². The standard InChI is InChI=1S/C11H13ClN4O2S/c1-8(9-5-3-4-6-13-9)15-19(17,18)11-10(12)16(2)7-14-11/h3-8,15H,1-2H3/t8-/m0/s1. The number of aryl methyl sites for hydroxylation is 1. The van der Waals surface area contributed by atoms with E-state index in [1.165, 1.54) is 10.9 Å². The van der Waals surface area contributed by atoms with E-state index < -0.39 is 16.1 Å². The number of hydrogen-bond donors (Lipinski definition) is 1. The molecule has 0 aromatic carbocycles. The Balaban J connectivity index is 2.25. The number of halogens is 1. The summed E-state index contributed by atoms with van der Waals surface area (Å²) in [6, 6.07) is 4.83. The van der Waals surface area contributed by atoms with Gasteiger partial charge in [-0.15, -0.1) is 0 Å². The molecule has 1 atom stereocenters. The number of pyridine rings is 1. The number of aromatic nitrogens is 3. The van der Waals surface area contributed by atoms with Crippen LogP contribution in [-0.2, 0) is 17.1 Å². The van der Waals surface area contributed by atoms with Crippen LogP contribution >= 0.6 is 11.6 Å². The average Bonchev–Trinajstić information content (AvgIpc) is 2.71. The molecule has 0 fully saturated rings. The van der Waals surface area contributed by atoms with E-state index in [-0.39, 0.29) is 10.2 Å². The van der Waals surface area contributed by atoms with Crippen molar-refractivity contribution in [1.82, 2.24) is 19.3 Å². The van der Waals surface area contributed by atoms with Crippen molar-refractivity contribution < 1.29 is 8.42 Å². The maximum absolute atomic E-state index is 12.2. The van der Waals surface area contributed by atoms with Crippen molar-refractivity contribution in [2.45, 2.75) is 18.0 Å². The van der Waals surface area contributed by atoms with Crippen molar-refractivity contribution >= 4 is 21.6 Å². The first-order valence-electron chi connectivity index (χ1n) is 5.52. The minimum Gasteiger partial charge on any atom is -0.324 e. The number of imidazole rings is 1. The molecule has 6 nitrogen and oxygen atoms in total. The number of rotatable bonds is 4. The Morgan fingerprint density at radius 1 is 1.37 bits per heavy atom. The highest BCUT2D eigenvalue weighted by molar-refractivity contribution is 7.89. The van der Waals surface area contributed by atoms with Gasteiger partial charge in [-0.2, -0.15) is 0 Å². The van der Waals surface area contributed by atoms with Gasteiger partial charge in [-0.1, -0.05) is 17.7 Å². The van der Waals surface area contributed by atoms with Gasteiger partial charge < -0.3 is 4.57 Å². The SMILES string of the molecule is C[C@H](NS(=O)(=O)c1ncn(C)c1Cl)c1ccccn1. The first kappa shape index (κ1) is 14.0. The van der Waals surface area contributed by atoms with Gasteiger partial charge in [0, 0.05) is 13.2 Å². The molecule has 2 heterocycles. The van der Waals surface area contributed by atoms with Crippen LogP contribution in [0.25, 0.3) is 0 Å². The van der Waals surface area contributed by atoms with Gasteiger partial charge in [0.25, 0.3) is 10.0 Å². The lowest BCUT2D eigenvalue weighted by Crippen LogP contribution is -2.28. The maximum atomic E-state index is 12.2. The molecular formula is C11H13ClN4O2S. The zero-order chi connectivity index (χ0) is 14.0. The van der Waals surface area contributed by atoms with Crippen LogP contribution in [0.5, 0.6) is 0 Å². The zero-order valence-electron chi connectivity index (χ0n) is 10.4. The highest BCUT2D eigenvalue weighted by atomic mass is 35.5. The van der Waals surface area contributed by atoms with E-state index in [0.29, 0.717) is 5.69 Å². The lowest BCUT2D eigenvalue weighted by atomic mass is 10.2. The van der Waals surface area contributed by atoms with Crippen molar-refractivity contribution in [2.24, 2.45) is 7.05 Å². The van der Waals surface area contributed by atoms with Gasteiger partial charge in [-0.3, -0.25) is 4.98 Å². The van der Waals surface area contributed by atoms with Crippen LogP contribution in [0.1, 0.15) is 18.7 Å². The monoisotopic (exact) mass is 300 g/mol. The summed E-state index contributed by atoms with van der Waals surface area (Å²) in [5.41, 5.74) is 0.623. The molecular weight excluding hydrogens is 288 g/mol. The summed E-state index contributed by atoms with van der Waals surface area (Å²) in [5.74, 6) is 0. The summed E-state index contributed by atoms with van der Waals surface area (Å²) in [4.78, 5) is 7.89. The molecule has 2 aromatic heterocycles. The van der Waals surface area contributed by atoms with E-state index in [4.69, 9.17) is 11.6 Å². The smallest absolute Gasteiger partial charge is 0.261 e. The number of sulfonamides is 1. The van der Waals surface area contributed by atoms with E-state index in [0.717, 1.165) is 0 Å². The first-order chi connectivity index (χ1) is 8.92. The van der Waals surface area contributed by atoms with Crippen LogP contribution in [0, 0.1) is 0 Å². The Bertz CT molecular complexity index is 669. The van der Waals surface area contributed by atoms with Gasteiger partial charge in [-0.05, 0) is 19.1 Å². The van der Waals surface area contributed by atoms with E-state index in [2.05, 4.69) is 14.7 Å². The second-order valence-electron chi connectivity index (χ2n) is 4.05. The zero-order valence-corrected chi connectivity index (χ0v) is 12.0. The van der Waals surface area contributed by atoms with Gasteiger partial charge in [0.15, 0.2) is 0 Å². The van der Waals surface area contributed by atoms with E-state index in [9.17, 15) is 8.42 Å². The fraction of sp³-hybridized carbons (Fsp3) is 0.273. The second kappa shape index (κ2) is 5.28. The molecule has 0 bridgehead atoms. The fourth-order valence-corrected chi connectivity index (χ4v) is 3.20. The Morgan fingerprint density at radius 3 is 2.63 bits per heavy atom. The van der Waals surface area contributed by atoms with Gasteiger partial charge in [-0.25, -0.2) is 18.1 Å². The molecule has 0 amide bonds. The van der Waals surface area contributed by atoms with Gasteiger partial charge in [0.05, 0.1) is 18.1 Å². The normalized spacial score (nSPS) is 13.4. The number of nitrogens with one attached hydrogen (secondary N) is 1. The van der Waals surface area contributed by atoms with Gasteiger partial charge in [0.2, 0.25) is 5.03 Å². The Labute approximate surface area is 116 Å². The molecule has 102 valence electrons. The quantitative estimate of drug-likeness (QED) is 0.928. The van der Waals surface area contributed by atoms with Crippen molar-refractivity contribution in [1.29, 1.82) is 0 Å². The third-order valence-corrected chi connectivity index (χ3v) is 4.58. The molecule has 0 saturated heterocycles. The van der Waals surface area contributed by atoms with Crippen LogP contribution in [0.3, 0.4) is 0 Å². The summed E-state index contributed by atoms with van der Waals surface area (Å²) in [6.07, 6.45) is 2.95. The van der Waals surface area contributed by atoms with E-state index >= 15 is 0 Å². The molecule has 0 aliphatic carbocycles. The predicted molar refractivity (Wildman–Crippen MR) is 71.2 cm³/mol. The molecule has 2 aromatic rings. The highest BCUT2D eigenvalue weighted by Crippen LogP contribution is 2.20. The average molecular weight is 301 g/mol. The Hall–Kier alpha value is -1.44. The predicted octanol–water partition coefficient (Wildman–Crippen LogP) is 1.51. The first-order valence-corrected chi connectivity index (χ1v) is 7.38. The molecule has 1 N–H and O–H groups in total. The van der Waals surface area contributed by atoms with Gasteiger partial charge in [0.1, 0.15) is 5.15 Å². The van der Waals surface area contributed by atoms with Crippen molar-refractivity contribution in [3.63, 3.8) is 0 Å². The topological polar surface area (TPSA) is 76.9 Å². The minimum absolute atomic E-state index is 0.0701. The van der Waals surface area contributed by atoms with Crippen LogP contribution in [0.15, 0.2) is 35.7 Å². The molecule has 2 rings (SSSR count). The third-order valence-electron chi connectivity index (χ3n) is 2.55. The lowest BCUT2D eigenvalue weighted by molar-refractivity contribution is 0.561. The van der Waals surface area contributed by atoms with Crippen molar-refractivity contribution in [3.05, 3.63) is 41.6 Å². The Kier molecular flexibility index (Phi) is 3.88. The van der Waals surface area contributed by atoms with Crippen LogP contribution < -0.4 is 4.72 Å². The largest absolute Gasteiger partial charge is 0.324 e. The molecule has 8 heteroatoms. The molecule has 0 radical (unpaired) electrons. The molecule has 0 aliphatic rings. The maximum Gasteiger partial charge on any atom is 0.261 e. The van der Waals surface area contributed by atoms with Crippen LogP contribution in [-0.4, -0.2) is 23.0 Å². The molecule has 19 heavy (non-hydrogen) atoms. The molecule has 0 saturated carbocycles. The lowest BCUT2D eigenvalue weighted by Gasteiger charge is -2.12. The van der Waals surface area contributed by atoms with Crippen molar-refractivity contribution in [2.75, 3.05) is 0 Å².